The van der Waals surface area contributed by atoms with Crippen molar-refractivity contribution in [2.24, 2.45) is 16.5 Å². The van der Waals surface area contributed by atoms with Gasteiger partial charge in [-0.15, -0.1) is 0 Å². The zero-order chi connectivity index (χ0) is 21.2. The van der Waals surface area contributed by atoms with E-state index in [2.05, 4.69) is 15.3 Å². The van der Waals surface area contributed by atoms with Crippen LogP contribution in [0.25, 0.3) is 0 Å². The number of carbonyl (C=O) groups excluding carboxylic acids is 1. The molecule has 2 aromatic rings. The molecule has 0 saturated heterocycles. The fourth-order valence-corrected chi connectivity index (χ4v) is 2.54. The van der Waals surface area contributed by atoms with Crippen LogP contribution in [0, 0.1) is 0 Å². The number of benzene rings is 1. The van der Waals surface area contributed by atoms with Gasteiger partial charge in [0.15, 0.2) is 0 Å². The van der Waals surface area contributed by atoms with Crippen LogP contribution in [0.3, 0.4) is 0 Å². The largest absolute Gasteiger partial charge is 0.492 e. The van der Waals surface area contributed by atoms with Gasteiger partial charge in [-0.3, -0.25) is 9.79 Å². The molecule has 0 saturated carbocycles. The summed E-state index contributed by atoms with van der Waals surface area (Å²) >= 11 is 0. The van der Waals surface area contributed by atoms with Gasteiger partial charge in [0.25, 0.3) is 5.91 Å². The third-order valence-electron chi connectivity index (χ3n) is 3.87. The molecule has 9 nitrogen and oxygen atoms in total. The van der Waals surface area contributed by atoms with E-state index in [0.29, 0.717) is 41.7 Å². The monoisotopic (exact) mass is 399 g/mol. The minimum absolute atomic E-state index is 0.159. The number of nitrogens with one attached hydrogen (secondary N) is 1. The first-order valence-corrected chi connectivity index (χ1v) is 8.80. The lowest BCUT2D eigenvalue weighted by atomic mass is 10.1. The number of nitrogens with two attached hydrogens (primary N) is 2. The van der Waals surface area contributed by atoms with Gasteiger partial charge >= 0.3 is 0 Å². The molecule has 5 N–H and O–H groups in total. The summed E-state index contributed by atoms with van der Waals surface area (Å²) in [6.45, 7) is 0.713. The fraction of sp³-hybridized carbons (Fsp3) is 0.250. The molecule has 0 aliphatic rings. The Balaban J connectivity index is 2.36. The molecule has 9 heteroatoms. The van der Waals surface area contributed by atoms with Crippen molar-refractivity contribution >= 4 is 17.3 Å². The van der Waals surface area contributed by atoms with Crippen molar-refractivity contribution in [1.29, 1.82) is 0 Å². The summed E-state index contributed by atoms with van der Waals surface area (Å²) in [7, 11) is 4.56. The van der Waals surface area contributed by atoms with E-state index in [1.807, 2.05) is 0 Å². The van der Waals surface area contributed by atoms with Crippen LogP contribution in [0.15, 0.2) is 47.6 Å². The summed E-state index contributed by atoms with van der Waals surface area (Å²) in [4.78, 5) is 21.1. The van der Waals surface area contributed by atoms with Crippen LogP contribution in [-0.2, 0) is 0 Å². The van der Waals surface area contributed by atoms with Crippen LogP contribution in [-0.4, -0.2) is 51.0 Å². The number of aromatic nitrogens is 1. The van der Waals surface area contributed by atoms with Crippen molar-refractivity contribution in [2.75, 3.05) is 39.7 Å². The van der Waals surface area contributed by atoms with Crippen molar-refractivity contribution < 1.29 is 19.0 Å². The Hall–Kier alpha value is -3.59. The molecule has 29 heavy (non-hydrogen) atoms. The Morgan fingerprint density at radius 2 is 2.00 bits per heavy atom. The highest BCUT2D eigenvalue weighted by Crippen LogP contribution is 2.26. The van der Waals surface area contributed by atoms with E-state index in [1.54, 1.807) is 43.5 Å². The highest BCUT2D eigenvalue weighted by Gasteiger charge is 2.17. The summed E-state index contributed by atoms with van der Waals surface area (Å²) in [5, 5.41) is 2.82. The van der Waals surface area contributed by atoms with E-state index < -0.39 is 0 Å². The third kappa shape index (κ3) is 5.45. The number of amides is 1. The Labute approximate surface area is 169 Å². The SMILES string of the molecule is CN=C(C=CN)c1cc(NC(=O)c2ccc(OC)nc2OC)ccc1OCCN. The van der Waals surface area contributed by atoms with Gasteiger partial charge in [0.2, 0.25) is 11.8 Å². The molecule has 0 radical (unpaired) electrons. The average Bonchev–Trinajstić information content (AvgIpc) is 2.75. The number of anilines is 1. The molecule has 0 aliphatic carbocycles. The first-order valence-electron chi connectivity index (χ1n) is 8.80. The van der Waals surface area contributed by atoms with E-state index in [9.17, 15) is 4.79 Å². The molecule has 0 bridgehead atoms. The number of nitrogens with zero attached hydrogens (tertiary/aromatic N) is 2. The molecule has 2 rings (SSSR count). The topological polar surface area (TPSA) is 134 Å². The summed E-state index contributed by atoms with van der Waals surface area (Å²) in [6, 6.07) is 8.36. The van der Waals surface area contributed by atoms with Crippen molar-refractivity contribution in [3.05, 3.63) is 53.7 Å². The first kappa shape index (κ1) is 21.7. The number of pyridine rings is 1. The van der Waals surface area contributed by atoms with Crippen LogP contribution in [0.1, 0.15) is 15.9 Å². The molecule has 1 aromatic heterocycles. The minimum atomic E-state index is -0.386. The van der Waals surface area contributed by atoms with Crippen LogP contribution in [0.5, 0.6) is 17.5 Å². The predicted molar refractivity (Wildman–Crippen MR) is 112 cm³/mol. The quantitative estimate of drug-likeness (QED) is 0.545. The fourth-order valence-electron chi connectivity index (χ4n) is 2.54. The molecule has 0 atom stereocenters. The van der Waals surface area contributed by atoms with Gasteiger partial charge < -0.3 is 31.0 Å². The molecule has 0 unspecified atom stereocenters. The van der Waals surface area contributed by atoms with Gasteiger partial charge in [0.1, 0.15) is 17.9 Å². The van der Waals surface area contributed by atoms with Gasteiger partial charge in [-0.2, -0.15) is 4.98 Å². The van der Waals surface area contributed by atoms with Crippen molar-refractivity contribution in [2.45, 2.75) is 0 Å². The molecule has 1 heterocycles. The van der Waals surface area contributed by atoms with Gasteiger partial charge in [-0.05, 0) is 36.5 Å². The summed E-state index contributed by atoms with van der Waals surface area (Å²) in [5.41, 5.74) is 13.1. The second-order valence-corrected chi connectivity index (χ2v) is 5.68. The number of aliphatic imine (C=N–C) groups is 1. The highest BCUT2D eigenvalue weighted by atomic mass is 16.5. The minimum Gasteiger partial charge on any atom is -0.492 e. The number of allylic oxidation sites excluding steroid dienone is 1. The summed E-state index contributed by atoms with van der Waals surface area (Å²) < 4.78 is 15.9. The Bertz CT molecular complexity index is 912. The molecule has 1 amide bonds. The number of carbonyl (C=O) groups is 1. The summed E-state index contributed by atoms with van der Waals surface area (Å²) in [6.07, 6.45) is 3.03. The van der Waals surface area contributed by atoms with E-state index in [1.165, 1.54) is 20.4 Å². The standard InChI is InChI=1S/C20H25N5O4/c1-23-16(8-9-21)15-12-13(4-6-17(15)29-11-10-22)24-19(26)14-5-7-18(27-2)25-20(14)28-3/h4-9,12H,10-11,21-22H2,1-3H3,(H,24,26). The molecular weight excluding hydrogens is 374 g/mol. The second kappa shape index (κ2) is 10.7. The smallest absolute Gasteiger partial charge is 0.261 e. The molecule has 0 spiro atoms. The van der Waals surface area contributed by atoms with Crippen molar-refractivity contribution in [3.63, 3.8) is 0 Å². The highest BCUT2D eigenvalue weighted by molar-refractivity contribution is 6.12. The molecule has 1 aromatic carbocycles. The molecule has 0 fully saturated rings. The first-order chi connectivity index (χ1) is 14.1. The maximum atomic E-state index is 12.7. The lowest BCUT2D eigenvalue weighted by Gasteiger charge is -2.14. The Morgan fingerprint density at radius 3 is 2.62 bits per heavy atom. The van der Waals surface area contributed by atoms with Gasteiger partial charge in [0, 0.05) is 30.9 Å². The van der Waals surface area contributed by atoms with E-state index in [0.717, 1.165) is 0 Å². The lowest BCUT2D eigenvalue weighted by Crippen LogP contribution is -2.15. The zero-order valence-corrected chi connectivity index (χ0v) is 16.6. The Kier molecular flexibility index (Phi) is 7.99. The third-order valence-corrected chi connectivity index (χ3v) is 3.87. The maximum Gasteiger partial charge on any atom is 0.261 e. The van der Waals surface area contributed by atoms with Crippen LogP contribution in [0.2, 0.25) is 0 Å². The summed E-state index contributed by atoms with van der Waals surface area (Å²) in [5.74, 6) is 0.699. The van der Waals surface area contributed by atoms with Gasteiger partial charge in [-0.25, -0.2) is 0 Å². The maximum absolute atomic E-state index is 12.7. The van der Waals surface area contributed by atoms with Crippen LogP contribution >= 0.6 is 0 Å². The van der Waals surface area contributed by atoms with Crippen LogP contribution < -0.4 is 31.0 Å². The second-order valence-electron chi connectivity index (χ2n) is 5.68. The van der Waals surface area contributed by atoms with Crippen molar-refractivity contribution in [1.82, 2.24) is 4.98 Å². The lowest BCUT2D eigenvalue weighted by molar-refractivity contribution is 0.102. The molecular formula is C20H25N5O4. The number of methoxy groups -OCH3 is 2. The number of rotatable bonds is 9. The van der Waals surface area contributed by atoms with Crippen molar-refractivity contribution in [3.8, 4) is 17.5 Å². The average molecular weight is 399 g/mol. The van der Waals surface area contributed by atoms with Crippen LogP contribution in [0.4, 0.5) is 5.69 Å². The number of ether oxygens (including phenoxy) is 3. The molecule has 0 aliphatic heterocycles. The number of hydrogen-bond donors (Lipinski definition) is 3. The molecule has 154 valence electrons. The zero-order valence-electron chi connectivity index (χ0n) is 16.6. The van der Waals surface area contributed by atoms with E-state index >= 15 is 0 Å². The Morgan fingerprint density at radius 1 is 1.21 bits per heavy atom. The predicted octanol–water partition coefficient (Wildman–Crippen LogP) is 1.58. The number of hydrogen-bond acceptors (Lipinski definition) is 8. The van der Waals surface area contributed by atoms with Gasteiger partial charge in [-0.1, -0.05) is 0 Å². The van der Waals surface area contributed by atoms with E-state index in [-0.39, 0.29) is 17.4 Å². The van der Waals surface area contributed by atoms with Gasteiger partial charge in [0.05, 0.1) is 19.9 Å². The normalized spacial score (nSPS) is 11.4. The van der Waals surface area contributed by atoms with E-state index in [4.69, 9.17) is 25.7 Å².